The molecule has 2 aromatic carbocycles. The van der Waals surface area contributed by atoms with Crippen LogP contribution in [0.3, 0.4) is 0 Å². The fourth-order valence-corrected chi connectivity index (χ4v) is 2.22. The molecule has 0 unspecified atom stereocenters. The van der Waals surface area contributed by atoms with Gasteiger partial charge in [-0.3, -0.25) is 14.9 Å². The molecule has 27 heavy (non-hydrogen) atoms. The lowest BCUT2D eigenvalue weighted by atomic mass is 10.1. The summed E-state index contributed by atoms with van der Waals surface area (Å²) in [6.45, 7) is 0. The molecule has 0 fully saturated rings. The predicted molar refractivity (Wildman–Crippen MR) is 93.5 cm³/mol. The maximum absolute atomic E-state index is 13.8. The molecule has 0 spiro atoms. The summed E-state index contributed by atoms with van der Waals surface area (Å²) in [5.74, 6) is -4.08. The van der Waals surface area contributed by atoms with Gasteiger partial charge in [0.2, 0.25) is 5.91 Å². The van der Waals surface area contributed by atoms with Gasteiger partial charge in [0.1, 0.15) is 16.7 Å². The molecule has 2 aromatic rings. The number of nitro groups is 1. The summed E-state index contributed by atoms with van der Waals surface area (Å²) in [6.07, 6.45) is 2.22. The Bertz CT molecular complexity index is 963. The fourth-order valence-electron chi connectivity index (χ4n) is 2.03. The van der Waals surface area contributed by atoms with E-state index in [4.69, 9.17) is 11.6 Å². The highest BCUT2D eigenvalue weighted by Crippen LogP contribution is 2.25. The number of benzene rings is 2. The van der Waals surface area contributed by atoms with Crippen molar-refractivity contribution in [1.82, 2.24) is 0 Å². The van der Waals surface area contributed by atoms with Crippen molar-refractivity contribution in [2.24, 2.45) is 0 Å². The zero-order valence-corrected chi connectivity index (χ0v) is 14.4. The van der Waals surface area contributed by atoms with Crippen LogP contribution in [-0.2, 0) is 9.53 Å². The van der Waals surface area contributed by atoms with Gasteiger partial charge in [-0.05, 0) is 23.8 Å². The topological polar surface area (TPSA) is 98.5 Å². The molecule has 140 valence electrons. The molecule has 0 saturated heterocycles. The Kier molecular flexibility index (Phi) is 6.19. The largest absolute Gasteiger partial charge is 0.465 e. The van der Waals surface area contributed by atoms with Gasteiger partial charge in [-0.25, -0.2) is 13.6 Å². The number of nitro benzene ring substituents is 1. The third-order valence-corrected chi connectivity index (χ3v) is 3.63. The van der Waals surface area contributed by atoms with E-state index >= 15 is 0 Å². The van der Waals surface area contributed by atoms with Gasteiger partial charge in [-0.2, -0.15) is 0 Å². The van der Waals surface area contributed by atoms with E-state index in [9.17, 15) is 28.5 Å². The molecule has 0 radical (unpaired) electrons. The Morgan fingerprint density at radius 2 is 1.93 bits per heavy atom. The van der Waals surface area contributed by atoms with Crippen molar-refractivity contribution >= 4 is 40.9 Å². The van der Waals surface area contributed by atoms with Crippen molar-refractivity contribution in [3.05, 3.63) is 74.3 Å². The number of rotatable bonds is 5. The number of hydrogen-bond donors (Lipinski definition) is 1. The van der Waals surface area contributed by atoms with Gasteiger partial charge >= 0.3 is 5.97 Å². The second-order valence-electron chi connectivity index (χ2n) is 5.09. The van der Waals surface area contributed by atoms with E-state index in [0.717, 1.165) is 25.3 Å². The van der Waals surface area contributed by atoms with Crippen LogP contribution in [0.1, 0.15) is 15.9 Å². The number of amides is 1. The van der Waals surface area contributed by atoms with Gasteiger partial charge < -0.3 is 10.1 Å². The Hall–Kier alpha value is -3.33. The van der Waals surface area contributed by atoms with Crippen LogP contribution in [-0.4, -0.2) is 23.9 Å². The van der Waals surface area contributed by atoms with E-state index in [0.29, 0.717) is 11.6 Å². The average molecular weight is 397 g/mol. The summed E-state index contributed by atoms with van der Waals surface area (Å²) in [5.41, 5.74) is -1.03. The molecule has 0 aliphatic heterocycles. The van der Waals surface area contributed by atoms with E-state index in [-0.39, 0.29) is 10.7 Å². The summed E-state index contributed by atoms with van der Waals surface area (Å²) >= 11 is 5.69. The molecular formula is C17H11ClF2N2O5. The monoisotopic (exact) mass is 396 g/mol. The van der Waals surface area contributed by atoms with Crippen LogP contribution < -0.4 is 5.32 Å². The molecule has 0 bridgehead atoms. The number of esters is 1. The van der Waals surface area contributed by atoms with E-state index in [1.807, 2.05) is 0 Å². The third-order valence-electron chi connectivity index (χ3n) is 3.31. The lowest BCUT2D eigenvalue weighted by Gasteiger charge is -2.07. The normalized spacial score (nSPS) is 10.7. The van der Waals surface area contributed by atoms with Crippen molar-refractivity contribution in [3.63, 3.8) is 0 Å². The number of nitrogens with one attached hydrogen (secondary N) is 1. The number of anilines is 1. The van der Waals surface area contributed by atoms with Crippen molar-refractivity contribution in [1.29, 1.82) is 0 Å². The molecule has 0 aliphatic rings. The Balaban J connectivity index is 2.21. The van der Waals surface area contributed by atoms with E-state index in [1.54, 1.807) is 0 Å². The second-order valence-corrected chi connectivity index (χ2v) is 5.50. The summed E-state index contributed by atoms with van der Waals surface area (Å²) in [4.78, 5) is 33.5. The number of ether oxygens (including phenoxy) is 1. The molecule has 0 saturated carbocycles. The molecule has 0 aliphatic carbocycles. The van der Waals surface area contributed by atoms with Crippen molar-refractivity contribution in [3.8, 4) is 0 Å². The van der Waals surface area contributed by atoms with Crippen LogP contribution in [0, 0.1) is 21.7 Å². The minimum absolute atomic E-state index is 0.0645. The highest BCUT2D eigenvalue weighted by atomic mass is 35.5. The molecule has 0 atom stereocenters. The first-order valence-electron chi connectivity index (χ1n) is 7.23. The van der Waals surface area contributed by atoms with E-state index in [1.165, 1.54) is 18.2 Å². The number of nitrogens with zero attached hydrogens (tertiary/aromatic N) is 1. The van der Waals surface area contributed by atoms with Crippen molar-refractivity contribution in [2.75, 3.05) is 12.4 Å². The third kappa shape index (κ3) is 4.85. The van der Waals surface area contributed by atoms with Crippen LogP contribution in [0.4, 0.5) is 20.2 Å². The van der Waals surface area contributed by atoms with Crippen molar-refractivity contribution in [2.45, 2.75) is 0 Å². The predicted octanol–water partition coefficient (Wildman–Crippen LogP) is 3.96. The summed E-state index contributed by atoms with van der Waals surface area (Å²) in [6, 6.07) is 5.12. The van der Waals surface area contributed by atoms with Gasteiger partial charge in [-0.15, -0.1) is 0 Å². The number of methoxy groups -OCH3 is 1. The van der Waals surface area contributed by atoms with Gasteiger partial charge in [0, 0.05) is 18.2 Å². The molecule has 2 rings (SSSR count). The Labute approximate surface area is 156 Å². The molecular weight excluding hydrogens is 386 g/mol. The van der Waals surface area contributed by atoms with E-state index < -0.39 is 39.7 Å². The summed E-state index contributed by atoms with van der Waals surface area (Å²) in [5, 5.41) is 12.9. The average Bonchev–Trinajstić information content (AvgIpc) is 2.62. The maximum Gasteiger partial charge on any atom is 0.340 e. The molecule has 10 heteroatoms. The van der Waals surface area contributed by atoms with Gasteiger partial charge in [-0.1, -0.05) is 17.7 Å². The number of halogens is 3. The first-order valence-corrected chi connectivity index (χ1v) is 7.61. The maximum atomic E-state index is 13.8. The molecule has 0 heterocycles. The molecule has 0 aromatic heterocycles. The summed E-state index contributed by atoms with van der Waals surface area (Å²) in [7, 11) is 1.03. The van der Waals surface area contributed by atoms with Crippen LogP contribution in [0.5, 0.6) is 0 Å². The highest BCUT2D eigenvalue weighted by molar-refractivity contribution is 6.32. The van der Waals surface area contributed by atoms with E-state index in [2.05, 4.69) is 10.1 Å². The first-order chi connectivity index (χ1) is 12.7. The lowest BCUT2D eigenvalue weighted by molar-refractivity contribution is -0.384. The SMILES string of the molecule is COC(=O)c1cc(NC(=O)/C=C/c2ccc(Cl)c([N+](=O)[O-])c2)c(F)cc1F. The van der Waals surface area contributed by atoms with Gasteiger partial charge in [0.25, 0.3) is 5.69 Å². The summed E-state index contributed by atoms with van der Waals surface area (Å²) < 4.78 is 31.7. The first kappa shape index (κ1) is 20.0. The Morgan fingerprint density at radius 1 is 1.22 bits per heavy atom. The minimum Gasteiger partial charge on any atom is -0.465 e. The smallest absolute Gasteiger partial charge is 0.340 e. The Morgan fingerprint density at radius 3 is 2.56 bits per heavy atom. The number of carbonyl (C=O) groups is 2. The zero-order valence-electron chi connectivity index (χ0n) is 13.7. The number of hydrogen-bond acceptors (Lipinski definition) is 5. The standard InChI is InChI=1S/C17H11ClF2N2O5/c1-27-17(24)10-7-14(13(20)8-12(10)19)21-16(23)5-3-9-2-4-11(18)15(6-9)22(25)26/h2-8H,1H3,(H,21,23)/b5-3+. The fraction of sp³-hybridized carbons (Fsp3) is 0.0588. The molecule has 7 nitrogen and oxygen atoms in total. The quantitative estimate of drug-likeness (QED) is 0.357. The highest BCUT2D eigenvalue weighted by Gasteiger charge is 2.17. The van der Waals surface area contributed by atoms with Crippen LogP contribution in [0.15, 0.2) is 36.4 Å². The molecule has 1 amide bonds. The van der Waals surface area contributed by atoms with Crippen LogP contribution in [0.2, 0.25) is 5.02 Å². The second kappa shape index (κ2) is 8.37. The lowest BCUT2D eigenvalue weighted by Crippen LogP contribution is -2.12. The van der Waals surface area contributed by atoms with Crippen LogP contribution >= 0.6 is 11.6 Å². The zero-order chi connectivity index (χ0) is 20.1. The number of carbonyl (C=O) groups excluding carboxylic acids is 2. The van der Waals surface area contributed by atoms with Gasteiger partial charge in [0.15, 0.2) is 0 Å². The van der Waals surface area contributed by atoms with Crippen molar-refractivity contribution < 1.29 is 28.0 Å². The van der Waals surface area contributed by atoms with Gasteiger partial charge in [0.05, 0.1) is 23.3 Å². The molecule has 1 N–H and O–H groups in total. The van der Waals surface area contributed by atoms with Crippen LogP contribution in [0.25, 0.3) is 6.08 Å². The minimum atomic E-state index is -1.14.